The molecule has 24 heavy (non-hydrogen) atoms. The monoisotopic (exact) mass is 329 g/mol. The Balaban J connectivity index is 1.79. The fraction of sp³-hybridized carbons (Fsp3) is 0.500. The highest BCUT2D eigenvalue weighted by Crippen LogP contribution is 2.29. The van der Waals surface area contributed by atoms with Crippen molar-refractivity contribution in [2.75, 3.05) is 13.7 Å². The maximum absolute atomic E-state index is 12.9. The molecule has 0 unspecified atom stereocenters. The Kier molecular flexibility index (Phi) is 5.13. The number of ether oxygens (including phenoxy) is 1. The number of likely N-dealkylation sites (tertiary alicyclic amines) is 1. The molecular formula is C18H23N3O3. The van der Waals surface area contributed by atoms with Crippen LogP contribution < -0.4 is 4.74 Å². The molecular weight excluding hydrogens is 306 g/mol. The maximum Gasteiger partial charge on any atom is 0.227 e. The first-order valence-corrected chi connectivity index (χ1v) is 8.40. The van der Waals surface area contributed by atoms with Crippen LogP contribution in [0.25, 0.3) is 0 Å². The van der Waals surface area contributed by atoms with E-state index >= 15 is 0 Å². The van der Waals surface area contributed by atoms with Crippen LogP contribution in [0.3, 0.4) is 0 Å². The van der Waals surface area contributed by atoms with Crippen LogP contribution in [0.4, 0.5) is 0 Å². The minimum Gasteiger partial charge on any atom is -0.497 e. The van der Waals surface area contributed by atoms with E-state index in [0.29, 0.717) is 18.1 Å². The van der Waals surface area contributed by atoms with Crippen molar-refractivity contribution < 1.29 is 14.1 Å². The summed E-state index contributed by atoms with van der Waals surface area (Å²) in [6.45, 7) is 2.51. The zero-order valence-corrected chi connectivity index (χ0v) is 14.2. The minimum atomic E-state index is -0.0944. The summed E-state index contributed by atoms with van der Waals surface area (Å²) >= 11 is 0. The predicted molar refractivity (Wildman–Crippen MR) is 88.7 cm³/mol. The van der Waals surface area contributed by atoms with E-state index < -0.39 is 0 Å². The van der Waals surface area contributed by atoms with E-state index in [-0.39, 0.29) is 11.9 Å². The summed E-state index contributed by atoms with van der Waals surface area (Å²) in [5, 5.41) is 4.05. The second kappa shape index (κ2) is 7.47. The standard InChI is InChI=1S/C18H23N3O3/c1-13-19-18(20-24-13)16-9-4-3-5-10-21(16)17(22)12-14-7-6-8-15(11-14)23-2/h6-8,11,16H,3-5,9-10,12H2,1-2H3/t16-/m0/s1. The van der Waals surface area contributed by atoms with Crippen molar-refractivity contribution in [1.82, 2.24) is 15.0 Å². The number of carbonyl (C=O) groups is 1. The molecule has 1 atom stereocenters. The lowest BCUT2D eigenvalue weighted by molar-refractivity contribution is -0.133. The van der Waals surface area contributed by atoms with Crippen molar-refractivity contribution in [3.8, 4) is 5.75 Å². The van der Waals surface area contributed by atoms with Gasteiger partial charge in [-0.05, 0) is 30.5 Å². The highest BCUT2D eigenvalue weighted by atomic mass is 16.5. The van der Waals surface area contributed by atoms with Gasteiger partial charge in [-0.2, -0.15) is 4.98 Å². The summed E-state index contributed by atoms with van der Waals surface area (Å²) in [6, 6.07) is 7.55. The highest BCUT2D eigenvalue weighted by molar-refractivity contribution is 5.79. The molecule has 1 aliphatic heterocycles. The molecule has 2 heterocycles. The fourth-order valence-electron chi connectivity index (χ4n) is 3.18. The number of hydrogen-bond acceptors (Lipinski definition) is 5. The third kappa shape index (κ3) is 3.75. The van der Waals surface area contributed by atoms with Crippen LogP contribution in [0.1, 0.15) is 49.0 Å². The zero-order valence-electron chi connectivity index (χ0n) is 14.2. The molecule has 1 saturated heterocycles. The van der Waals surface area contributed by atoms with Gasteiger partial charge in [-0.1, -0.05) is 30.1 Å². The smallest absolute Gasteiger partial charge is 0.227 e. The molecule has 1 aromatic heterocycles. The van der Waals surface area contributed by atoms with E-state index in [1.54, 1.807) is 14.0 Å². The molecule has 2 aromatic rings. The molecule has 0 radical (unpaired) electrons. The number of rotatable bonds is 4. The van der Waals surface area contributed by atoms with E-state index in [1.807, 2.05) is 29.2 Å². The number of hydrogen-bond donors (Lipinski definition) is 0. The van der Waals surface area contributed by atoms with Crippen molar-refractivity contribution in [3.63, 3.8) is 0 Å². The Labute approximate surface area is 141 Å². The number of methoxy groups -OCH3 is 1. The van der Waals surface area contributed by atoms with Crippen LogP contribution in [0.15, 0.2) is 28.8 Å². The largest absolute Gasteiger partial charge is 0.497 e. The third-order valence-corrected chi connectivity index (χ3v) is 4.40. The van der Waals surface area contributed by atoms with Crippen LogP contribution in [-0.4, -0.2) is 34.6 Å². The normalized spacial score (nSPS) is 18.2. The van der Waals surface area contributed by atoms with E-state index in [2.05, 4.69) is 10.1 Å². The van der Waals surface area contributed by atoms with Gasteiger partial charge in [0, 0.05) is 13.5 Å². The molecule has 0 spiro atoms. The van der Waals surface area contributed by atoms with Gasteiger partial charge in [0.1, 0.15) is 5.75 Å². The lowest BCUT2D eigenvalue weighted by atomic mass is 10.1. The van der Waals surface area contributed by atoms with Crippen molar-refractivity contribution in [2.45, 2.75) is 45.1 Å². The van der Waals surface area contributed by atoms with Gasteiger partial charge < -0.3 is 14.2 Å². The quantitative estimate of drug-likeness (QED) is 0.862. The SMILES string of the molecule is COc1cccc(CC(=O)N2CCCCC[C@H]2c2noc(C)n2)c1. The van der Waals surface area contributed by atoms with Gasteiger partial charge in [0.15, 0.2) is 5.82 Å². The van der Waals surface area contributed by atoms with E-state index in [0.717, 1.165) is 43.5 Å². The first-order chi connectivity index (χ1) is 11.7. The second-order valence-corrected chi connectivity index (χ2v) is 6.15. The van der Waals surface area contributed by atoms with Crippen molar-refractivity contribution in [3.05, 3.63) is 41.5 Å². The van der Waals surface area contributed by atoms with Gasteiger partial charge >= 0.3 is 0 Å². The van der Waals surface area contributed by atoms with E-state index in [1.165, 1.54) is 0 Å². The number of amides is 1. The number of carbonyl (C=O) groups excluding carboxylic acids is 1. The number of aromatic nitrogens is 2. The van der Waals surface area contributed by atoms with Crippen LogP contribution in [0.2, 0.25) is 0 Å². The molecule has 1 aromatic carbocycles. The zero-order chi connectivity index (χ0) is 16.9. The van der Waals surface area contributed by atoms with Crippen LogP contribution in [0.5, 0.6) is 5.75 Å². The van der Waals surface area contributed by atoms with Crippen LogP contribution in [-0.2, 0) is 11.2 Å². The Morgan fingerprint density at radius 1 is 1.38 bits per heavy atom. The first kappa shape index (κ1) is 16.5. The summed E-state index contributed by atoms with van der Waals surface area (Å²) in [6.07, 6.45) is 4.43. The molecule has 0 saturated carbocycles. The van der Waals surface area contributed by atoms with E-state index in [9.17, 15) is 4.79 Å². The van der Waals surface area contributed by atoms with Crippen LogP contribution >= 0.6 is 0 Å². The molecule has 1 aliphatic rings. The summed E-state index contributed by atoms with van der Waals surface area (Å²) in [5.74, 6) is 2.02. The Morgan fingerprint density at radius 3 is 3.00 bits per heavy atom. The lowest BCUT2D eigenvalue weighted by Crippen LogP contribution is -2.36. The van der Waals surface area contributed by atoms with Crippen molar-refractivity contribution in [2.24, 2.45) is 0 Å². The van der Waals surface area contributed by atoms with E-state index in [4.69, 9.17) is 9.26 Å². The Bertz CT molecular complexity index is 698. The van der Waals surface area contributed by atoms with Gasteiger partial charge in [-0.25, -0.2) is 0 Å². The molecule has 1 amide bonds. The molecule has 128 valence electrons. The van der Waals surface area contributed by atoms with Gasteiger partial charge in [0.2, 0.25) is 11.8 Å². The first-order valence-electron chi connectivity index (χ1n) is 8.40. The summed E-state index contributed by atoms with van der Waals surface area (Å²) < 4.78 is 10.4. The molecule has 6 heteroatoms. The molecule has 1 fully saturated rings. The van der Waals surface area contributed by atoms with Crippen LogP contribution in [0, 0.1) is 6.92 Å². The Hall–Kier alpha value is -2.37. The summed E-state index contributed by atoms with van der Waals surface area (Å²) in [7, 11) is 1.63. The van der Waals surface area contributed by atoms with Gasteiger partial charge in [0.05, 0.1) is 19.6 Å². The fourth-order valence-corrected chi connectivity index (χ4v) is 3.18. The lowest BCUT2D eigenvalue weighted by Gasteiger charge is -2.28. The molecule has 0 bridgehead atoms. The molecule has 0 N–H and O–H groups in total. The number of aryl methyl sites for hydroxylation is 1. The van der Waals surface area contributed by atoms with Crippen molar-refractivity contribution in [1.29, 1.82) is 0 Å². The maximum atomic E-state index is 12.9. The topological polar surface area (TPSA) is 68.5 Å². The number of benzene rings is 1. The average molecular weight is 329 g/mol. The Morgan fingerprint density at radius 2 is 2.25 bits per heavy atom. The average Bonchev–Trinajstić information content (AvgIpc) is 2.87. The molecule has 0 aliphatic carbocycles. The number of nitrogens with zero attached hydrogens (tertiary/aromatic N) is 3. The molecule has 3 rings (SSSR count). The summed E-state index contributed by atoms with van der Waals surface area (Å²) in [5.41, 5.74) is 0.951. The predicted octanol–water partition coefficient (Wildman–Crippen LogP) is 3.07. The van der Waals surface area contributed by atoms with Gasteiger partial charge in [-0.15, -0.1) is 0 Å². The summed E-state index contributed by atoms with van der Waals surface area (Å²) in [4.78, 5) is 19.2. The van der Waals surface area contributed by atoms with Gasteiger partial charge in [-0.3, -0.25) is 4.79 Å². The van der Waals surface area contributed by atoms with Gasteiger partial charge in [0.25, 0.3) is 0 Å². The third-order valence-electron chi connectivity index (χ3n) is 4.40. The van der Waals surface area contributed by atoms with Crippen molar-refractivity contribution >= 4 is 5.91 Å². The minimum absolute atomic E-state index is 0.0944. The second-order valence-electron chi connectivity index (χ2n) is 6.15. The molecule has 6 nitrogen and oxygen atoms in total. The highest BCUT2D eigenvalue weighted by Gasteiger charge is 2.30.